The SMILES string of the molecule is O=C(O)C(=O)N1CCN(CC2CC2)CC1. The van der Waals surface area contributed by atoms with Gasteiger partial charge in [0.15, 0.2) is 0 Å². The second-order valence-corrected chi connectivity index (χ2v) is 4.34. The molecule has 1 aliphatic carbocycles. The number of carboxylic acid groups (broad SMARTS) is 1. The fourth-order valence-corrected chi connectivity index (χ4v) is 1.93. The fraction of sp³-hybridized carbons (Fsp3) is 0.800. The third-order valence-corrected chi connectivity index (χ3v) is 3.06. The standard InChI is InChI=1S/C10H16N2O3/c13-9(10(14)15)12-5-3-11(4-6-12)7-8-1-2-8/h8H,1-7H2,(H,14,15). The molecule has 2 aliphatic rings. The van der Waals surface area contributed by atoms with Crippen LogP contribution in [0.25, 0.3) is 0 Å². The fourth-order valence-electron chi connectivity index (χ4n) is 1.93. The lowest BCUT2D eigenvalue weighted by molar-refractivity contribution is -0.156. The third kappa shape index (κ3) is 2.68. The van der Waals surface area contributed by atoms with Gasteiger partial charge in [-0.3, -0.25) is 9.69 Å². The van der Waals surface area contributed by atoms with Crippen LogP contribution >= 0.6 is 0 Å². The maximum atomic E-state index is 11.1. The van der Waals surface area contributed by atoms with Crippen molar-refractivity contribution in [1.29, 1.82) is 0 Å². The highest BCUT2D eigenvalue weighted by Gasteiger charge is 2.29. The highest BCUT2D eigenvalue weighted by molar-refractivity contribution is 6.31. The van der Waals surface area contributed by atoms with E-state index in [1.807, 2.05) is 0 Å². The van der Waals surface area contributed by atoms with Crippen molar-refractivity contribution < 1.29 is 14.7 Å². The minimum atomic E-state index is -1.34. The number of carboxylic acids is 1. The first kappa shape index (κ1) is 10.4. The Labute approximate surface area is 88.6 Å². The minimum absolute atomic E-state index is 0.553. The molecule has 15 heavy (non-hydrogen) atoms. The van der Waals surface area contributed by atoms with E-state index in [0.717, 1.165) is 25.6 Å². The summed E-state index contributed by atoms with van der Waals surface area (Å²) in [6, 6.07) is 0. The number of nitrogens with zero attached hydrogens (tertiary/aromatic N) is 2. The van der Waals surface area contributed by atoms with Crippen molar-refractivity contribution in [2.45, 2.75) is 12.8 Å². The molecule has 1 heterocycles. The molecule has 0 aromatic rings. The first-order valence-corrected chi connectivity index (χ1v) is 5.41. The van der Waals surface area contributed by atoms with Crippen LogP contribution in [0.15, 0.2) is 0 Å². The highest BCUT2D eigenvalue weighted by atomic mass is 16.4. The average molecular weight is 212 g/mol. The Bertz CT molecular complexity index is 268. The predicted octanol–water partition coefficient (Wildman–Crippen LogP) is -0.375. The van der Waals surface area contributed by atoms with Crippen molar-refractivity contribution in [1.82, 2.24) is 9.80 Å². The van der Waals surface area contributed by atoms with Gasteiger partial charge in [0.05, 0.1) is 0 Å². The highest BCUT2D eigenvalue weighted by Crippen LogP contribution is 2.29. The van der Waals surface area contributed by atoms with Gasteiger partial charge in [-0.15, -0.1) is 0 Å². The van der Waals surface area contributed by atoms with Crippen molar-refractivity contribution in [2.24, 2.45) is 5.92 Å². The Morgan fingerprint density at radius 1 is 1.13 bits per heavy atom. The monoisotopic (exact) mass is 212 g/mol. The minimum Gasteiger partial charge on any atom is -0.474 e. The van der Waals surface area contributed by atoms with E-state index in [0.29, 0.717) is 13.1 Å². The second kappa shape index (κ2) is 4.18. The number of carbonyl (C=O) groups is 2. The summed E-state index contributed by atoms with van der Waals surface area (Å²) in [5, 5.41) is 8.55. The zero-order chi connectivity index (χ0) is 10.8. The summed E-state index contributed by atoms with van der Waals surface area (Å²) in [6.07, 6.45) is 2.66. The van der Waals surface area contributed by atoms with Crippen LogP contribution in [0.1, 0.15) is 12.8 Å². The third-order valence-electron chi connectivity index (χ3n) is 3.06. The molecule has 1 saturated carbocycles. The van der Waals surface area contributed by atoms with Crippen LogP contribution in [0.2, 0.25) is 0 Å². The molecular formula is C10H16N2O3. The summed E-state index contributed by atoms with van der Waals surface area (Å²) in [6.45, 7) is 3.86. The first-order chi connectivity index (χ1) is 7.16. The van der Waals surface area contributed by atoms with Crippen LogP contribution in [0.5, 0.6) is 0 Å². The molecule has 0 aromatic heterocycles. The van der Waals surface area contributed by atoms with Gasteiger partial charge in [-0.05, 0) is 18.8 Å². The lowest BCUT2D eigenvalue weighted by Gasteiger charge is -2.33. The van der Waals surface area contributed by atoms with E-state index < -0.39 is 11.9 Å². The van der Waals surface area contributed by atoms with E-state index in [1.165, 1.54) is 17.7 Å². The maximum Gasteiger partial charge on any atom is 0.394 e. The molecule has 0 bridgehead atoms. The Hall–Kier alpha value is -1.10. The lowest BCUT2D eigenvalue weighted by atomic mass is 10.3. The van der Waals surface area contributed by atoms with Crippen molar-refractivity contribution in [3.63, 3.8) is 0 Å². The molecule has 1 aliphatic heterocycles. The van der Waals surface area contributed by atoms with Crippen LogP contribution in [0, 0.1) is 5.92 Å². The smallest absolute Gasteiger partial charge is 0.394 e. The number of rotatable bonds is 2. The van der Waals surface area contributed by atoms with Gasteiger partial charge in [-0.1, -0.05) is 0 Å². The van der Waals surface area contributed by atoms with Gasteiger partial charge >= 0.3 is 11.9 Å². The molecule has 84 valence electrons. The van der Waals surface area contributed by atoms with E-state index in [1.54, 1.807) is 0 Å². The maximum absolute atomic E-state index is 11.1. The molecule has 1 saturated heterocycles. The van der Waals surface area contributed by atoms with Crippen LogP contribution in [0.4, 0.5) is 0 Å². The van der Waals surface area contributed by atoms with E-state index in [4.69, 9.17) is 5.11 Å². The van der Waals surface area contributed by atoms with Gasteiger partial charge in [0.1, 0.15) is 0 Å². The lowest BCUT2D eigenvalue weighted by Crippen LogP contribution is -2.50. The van der Waals surface area contributed by atoms with Crippen molar-refractivity contribution in [3.8, 4) is 0 Å². The van der Waals surface area contributed by atoms with Crippen molar-refractivity contribution in [3.05, 3.63) is 0 Å². The first-order valence-electron chi connectivity index (χ1n) is 5.41. The number of hydrogen-bond acceptors (Lipinski definition) is 3. The summed E-state index contributed by atoms with van der Waals surface area (Å²) in [5.74, 6) is -1.25. The van der Waals surface area contributed by atoms with Crippen LogP contribution in [-0.2, 0) is 9.59 Å². The Balaban J connectivity index is 1.75. The molecule has 1 amide bonds. The molecule has 2 fully saturated rings. The van der Waals surface area contributed by atoms with E-state index in [-0.39, 0.29) is 0 Å². The molecule has 0 atom stereocenters. The quantitative estimate of drug-likeness (QED) is 0.634. The summed E-state index contributed by atoms with van der Waals surface area (Å²) >= 11 is 0. The van der Waals surface area contributed by atoms with Gasteiger partial charge in [0.2, 0.25) is 0 Å². The van der Waals surface area contributed by atoms with Crippen LogP contribution < -0.4 is 0 Å². The Morgan fingerprint density at radius 2 is 1.73 bits per heavy atom. The van der Waals surface area contributed by atoms with Gasteiger partial charge in [0.25, 0.3) is 0 Å². The van der Waals surface area contributed by atoms with Gasteiger partial charge in [0, 0.05) is 32.7 Å². The number of carbonyl (C=O) groups excluding carboxylic acids is 1. The topological polar surface area (TPSA) is 60.9 Å². The van der Waals surface area contributed by atoms with Crippen molar-refractivity contribution >= 4 is 11.9 Å². The number of hydrogen-bond donors (Lipinski definition) is 1. The van der Waals surface area contributed by atoms with Gasteiger partial charge in [-0.2, -0.15) is 0 Å². The number of aliphatic carboxylic acids is 1. The van der Waals surface area contributed by atoms with E-state index >= 15 is 0 Å². The molecular weight excluding hydrogens is 196 g/mol. The summed E-state index contributed by atoms with van der Waals surface area (Å²) in [7, 11) is 0. The van der Waals surface area contributed by atoms with E-state index in [9.17, 15) is 9.59 Å². The summed E-state index contributed by atoms with van der Waals surface area (Å²) < 4.78 is 0. The summed E-state index contributed by atoms with van der Waals surface area (Å²) in [5.41, 5.74) is 0. The number of piperazine rings is 1. The van der Waals surface area contributed by atoms with Gasteiger partial charge < -0.3 is 10.0 Å². The molecule has 0 unspecified atom stereocenters. The molecule has 1 N–H and O–H groups in total. The largest absolute Gasteiger partial charge is 0.474 e. The molecule has 2 rings (SSSR count). The zero-order valence-corrected chi connectivity index (χ0v) is 8.69. The molecule has 5 heteroatoms. The molecule has 0 radical (unpaired) electrons. The van der Waals surface area contributed by atoms with Crippen LogP contribution in [-0.4, -0.2) is 59.5 Å². The Morgan fingerprint density at radius 3 is 2.20 bits per heavy atom. The number of amides is 1. The van der Waals surface area contributed by atoms with Crippen LogP contribution in [0.3, 0.4) is 0 Å². The molecule has 5 nitrogen and oxygen atoms in total. The second-order valence-electron chi connectivity index (χ2n) is 4.34. The zero-order valence-electron chi connectivity index (χ0n) is 8.69. The Kier molecular flexibility index (Phi) is 2.90. The normalized spacial score (nSPS) is 22.8. The van der Waals surface area contributed by atoms with Gasteiger partial charge in [-0.25, -0.2) is 4.79 Å². The molecule has 0 spiro atoms. The average Bonchev–Trinajstić information content (AvgIpc) is 3.02. The molecule has 0 aromatic carbocycles. The van der Waals surface area contributed by atoms with Crippen molar-refractivity contribution in [2.75, 3.05) is 32.7 Å². The summed E-state index contributed by atoms with van der Waals surface area (Å²) in [4.78, 5) is 25.4. The predicted molar refractivity (Wildman–Crippen MR) is 53.4 cm³/mol. The van der Waals surface area contributed by atoms with E-state index in [2.05, 4.69) is 4.90 Å².